The minimum Gasteiger partial charge on any atom is -0.398 e. The summed E-state index contributed by atoms with van der Waals surface area (Å²) in [6.45, 7) is 1.98. The molecular formula is C10H15N3O2S. The van der Waals surface area contributed by atoms with Gasteiger partial charge in [0.05, 0.1) is 6.42 Å². The molecule has 1 aromatic rings. The second-order valence-electron chi connectivity index (χ2n) is 3.23. The molecule has 6 heteroatoms. The molecule has 0 heterocycles. The number of carbonyl (C=O) groups is 1. The molecule has 0 aliphatic heterocycles. The molecule has 0 aliphatic carbocycles. The summed E-state index contributed by atoms with van der Waals surface area (Å²) in [4.78, 5) is 16.3. The fourth-order valence-electron chi connectivity index (χ4n) is 1.16. The Bertz CT molecular complexity index is 371. The van der Waals surface area contributed by atoms with Gasteiger partial charge in [0.15, 0.2) is 0 Å². The monoisotopic (exact) mass is 241 g/mol. The summed E-state index contributed by atoms with van der Waals surface area (Å²) < 4.78 is 0. The van der Waals surface area contributed by atoms with Crippen LogP contribution in [0.2, 0.25) is 0 Å². The quantitative estimate of drug-likeness (QED) is 0.308. The molecule has 0 unspecified atom stereocenters. The number of nitrogens with one attached hydrogen (secondary N) is 1. The summed E-state index contributed by atoms with van der Waals surface area (Å²) in [6.07, 6.45) is 0.280. The van der Waals surface area contributed by atoms with E-state index < -0.39 is 0 Å². The molecule has 1 rings (SSSR count). The van der Waals surface area contributed by atoms with Crippen LogP contribution < -0.4 is 17.2 Å². The highest BCUT2D eigenvalue weighted by molar-refractivity contribution is 7.99. The number of nitrogen functional groups attached to an aromatic ring is 1. The van der Waals surface area contributed by atoms with Crippen LogP contribution in [0.5, 0.6) is 0 Å². The summed E-state index contributed by atoms with van der Waals surface area (Å²) in [5.41, 5.74) is 9.53. The van der Waals surface area contributed by atoms with Crippen LogP contribution >= 0.6 is 11.8 Å². The molecule has 88 valence electrons. The van der Waals surface area contributed by atoms with Crippen LogP contribution in [0.25, 0.3) is 0 Å². The van der Waals surface area contributed by atoms with Gasteiger partial charge in [0.2, 0.25) is 0 Å². The van der Waals surface area contributed by atoms with Gasteiger partial charge in [0.25, 0.3) is 0 Å². The van der Waals surface area contributed by atoms with Crippen LogP contribution in [-0.2, 0) is 9.63 Å². The van der Waals surface area contributed by atoms with Gasteiger partial charge in [-0.2, -0.15) is 0 Å². The topological polar surface area (TPSA) is 90.4 Å². The van der Waals surface area contributed by atoms with Crippen molar-refractivity contribution in [1.82, 2.24) is 5.59 Å². The number of rotatable bonds is 5. The van der Waals surface area contributed by atoms with Gasteiger partial charge in [-0.3, -0.25) is 4.79 Å². The standard InChI is InChI=1S/C10H15N3O2S/c1-7-2-3-9(8(11)6-7)16-5-4-10(14)15-13-12/h2-3,6,13H,4-5,11-12H2,1H3. The van der Waals surface area contributed by atoms with E-state index in [1.807, 2.05) is 30.7 Å². The Morgan fingerprint density at radius 3 is 2.94 bits per heavy atom. The van der Waals surface area contributed by atoms with Gasteiger partial charge in [-0.05, 0) is 24.6 Å². The predicted octanol–water partition coefficient (Wildman–Crippen LogP) is 0.981. The molecule has 0 radical (unpaired) electrons. The van der Waals surface area contributed by atoms with Crippen molar-refractivity contribution in [2.75, 3.05) is 11.5 Å². The number of anilines is 1. The van der Waals surface area contributed by atoms with E-state index >= 15 is 0 Å². The van der Waals surface area contributed by atoms with Crippen LogP contribution in [0.1, 0.15) is 12.0 Å². The lowest BCUT2D eigenvalue weighted by Crippen LogP contribution is -2.26. The first kappa shape index (κ1) is 12.8. The lowest BCUT2D eigenvalue weighted by molar-refractivity contribution is -0.150. The van der Waals surface area contributed by atoms with Gasteiger partial charge in [-0.15, -0.1) is 11.8 Å². The molecule has 16 heavy (non-hydrogen) atoms. The minimum absolute atomic E-state index is 0.280. The van der Waals surface area contributed by atoms with E-state index in [2.05, 4.69) is 4.84 Å². The summed E-state index contributed by atoms with van der Waals surface area (Å²) in [6, 6.07) is 5.84. The Labute approximate surface area is 98.4 Å². The van der Waals surface area contributed by atoms with Gasteiger partial charge in [-0.1, -0.05) is 11.7 Å². The average Bonchev–Trinajstić information content (AvgIpc) is 2.22. The van der Waals surface area contributed by atoms with Crippen LogP contribution in [0.4, 0.5) is 5.69 Å². The van der Waals surface area contributed by atoms with E-state index in [-0.39, 0.29) is 12.4 Å². The number of benzene rings is 1. The van der Waals surface area contributed by atoms with Crippen molar-refractivity contribution in [2.24, 2.45) is 5.84 Å². The number of hydrogen-bond acceptors (Lipinski definition) is 6. The number of nitrogens with two attached hydrogens (primary N) is 2. The zero-order valence-electron chi connectivity index (χ0n) is 9.03. The van der Waals surface area contributed by atoms with Crippen molar-refractivity contribution in [1.29, 1.82) is 0 Å². The lowest BCUT2D eigenvalue weighted by atomic mass is 10.2. The molecule has 0 amide bonds. The van der Waals surface area contributed by atoms with Crippen molar-refractivity contribution in [3.8, 4) is 0 Å². The SMILES string of the molecule is Cc1ccc(SCCC(=O)ONN)c(N)c1. The maximum absolute atomic E-state index is 11.0. The normalized spacial score (nSPS) is 10.1. The third-order valence-corrected chi connectivity index (χ3v) is 2.99. The van der Waals surface area contributed by atoms with Gasteiger partial charge in [0.1, 0.15) is 0 Å². The van der Waals surface area contributed by atoms with Crippen molar-refractivity contribution in [3.63, 3.8) is 0 Å². The number of hydrogen-bond donors (Lipinski definition) is 3. The van der Waals surface area contributed by atoms with Crippen LogP contribution in [0, 0.1) is 6.92 Å². The zero-order chi connectivity index (χ0) is 12.0. The molecular weight excluding hydrogens is 226 g/mol. The first-order valence-corrected chi connectivity index (χ1v) is 5.76. The fourth-order valence-corrected chi connectivity index (χ4v) is 2.04. The first-order valence-electron chi connectivity index (χ1n) is 4.77. The number of thioether (sulfide) groups is 1. The highest BCUT2D eigenvalue weighted by atomic mass is 32.2. The molecule has 0 saturated carbocycles. The van der Waals surface area contributed by atoms with Gasteiger partial charge in [0, 0.05) is 16.3 Å². The highest BCUT2D eigenvalue weighted by Gasteiger charge is 2.04. The summed E-state index contributed by atoms with van der Waals surface area (Å²) in [5, 5.41) is 0. The summed E-state index contributed by atoms with van der Waals surface area (Å²) in [7, 11) is 0. The Balaban J connectivity index is 2.40. The van der Waals surface area contributed by atoms with E-state index in [1.54, 1.807) is 0 Å². The van der Waals surface area contributed by atoms with Crippen molar-refractivity contribution in [2.45, 2.75) is 18.2 Å². The molecule has 0 aromatic heterocycles. The first-order chi connectivity index (χ1) is 7.63. The van der Waals surface area contributed by atoms with Crippen LogP contribution in [0.3, 0.4) is 0 Å². The maximum Gasteiger partial charge on any atom is 0.327 e. The molecule has 0 saturated heterocycles. The molecule has 0 atom stereocenters. The van der Waals surface area contributed by atoms with E-state index in [4.69, 9.17) is 11.6 Å². The predicted molar refractivity (Wildman–Crippen MR) is 64.3 cm³/mol. The maximum atomic E-state index is 11.0. The molecule has 0 spiro atoms. The smallest absolute Gasteiger partial charge is 0.327 e. The largest absolute Gasteiger partial charge is 0.398 e. The Morgan fingerprint density at radius 1 is 1.56 bits per heavy atom. The van der Waals surface area contributed by atoms with E-state index in [0.29, 0.717) is 5.75 Å². The molecule has 0 bridgehead atoms. The van der Waals surface area contributed by atoms with Crippen LogP contribution in [-0.4, -0.2) is 11.7 Å². The van der Waals surface area contributed by atoms with Crippen molar-refractivity contribution >= 4 is 23.4 Å². The summed E-state index contributed by atoms with van der Waals surface area (Å²) in [5.74, 6) is 5.05. The Kier molecular flexibility index (Phi) is 5.10. The van der Waals surface area contributed by atoms with Crippen molar-refractivity contribution in [3.05, 3.63) is 23.8 Å². The number of hydrazine groups is 1. The molecule has 5 N–H and O–H groups in total. The average molecular weight is 241 g/mol. The number of carbonyl (C=O) groups excluding carboxylic acids is 1. The second kappa shape index (κ2) is 6.37. The van der Waals surface area contributed by atoms with Gasteiger partial charge >= 0.3 is 5.97 Å². The van der Waals surface area contributed by atoms with E-state index in [9.17, 15) is 4.79 Å². The number of aryl methyl sites for hydroxylation is 1. The Hall–Kier alpha value is -1.24. The lowest BCUT2D eigenvalue weighted by Gasteiger charge is -2.05. The molecule has 1 aromatic carbocycles. The van der Waals surface area contributed by atoms with Gasteiger partial charge < -0.3 is 10.6 Å². The molecule has 0 aliphatic rings. The third-order valence-electron chi connectivity index (χ3n) is 1.90. The molecule has 5 nitrogen and oxygen atoms in total. The van der Waals surface area contributed by atoms with E-state index in [1.165, 1.54) is 11.8 Å². The Morgan fingerprint density at radius 2 is 2.31 bits per heavy atom. The summed E-state index contributed by atoms with van der Waals surface area (Å²) >= 11 is 1.52. The highest BCUT2D eigenvalue weighted by Crippen LogP contribution is 2.26. The second-order valence-corrected chi connectivity index (χ2v) is 4.37. The van der Waals surface area contributed by atoms with Crippen LogP contribution in [0.15, 0.2) is 23.1 Å². The third kappa shape index (κ3) is 4.09. The van der Waals surface area contributed by atoms with E-state index in [0.717, 1.165) is 16.1 Å². The fraction of sp³-hybridized carbons (Fsp3) is 0.300. The van der Waals surface area contributed by atoms with Crippen molar-refractivity contribution < 1.29 is 9.63 Å². The zero-order valence-corrected chi connectivity index (χ0v) is 9.84. The van der Waals surface area contributed by atoms with Gasteiger partial charge in [-0.25, -0.2) is 5.84 Å². The molecule has 0 fully saturated rings. The minimum atomic E-state index is -0.388.